The number of aromatic nitrogens is 3. The van der Waals surface area contributed by atoms with Crippen LogP contribution in [0.25, 0.3) is 0 Å². The summed E-state index contributed by atoms with van der Waals surface area (Å²) in [5.41, 5.74) is 0. The van der Waals surface area contributed by atoms with Crippen LogP contribution in [0.15, 0.2) is 6.33 Å². The molecule has 0 saturated carbocycles. The number of ketones is 1. The van der Waals surface area contributed by atoms with Gasteiger partial charge in [-0.2, -0.15) is 5.10 Å². The standard InChI is InChI=1S/C12H21N3O/c1-3-5-6-7-8-11(16)9-12-13-10-14-15(12)4-2/h10H,3-9H2,1-2H3. The molecule has 1 heterocycles. The van der Waals surface area contributed by atoms with Gasteiger partial charge < -0.3 is 0 Å². The Morgan fingerprint density at radius 2 is 2.12 bits per heavy atom. The first-order valence-corrected chi connectivity index (χ1v) is 6.16. The molecule has 0 bridgehead atoms. The van der Waals surface area contributed by atoms with E-state index in [0.29, 0.717) is 12.8 Å². The van der Waals surface area contributed by atoms with E-state index in [1.807, 2.05) is 6.92 Å². The molecule has 0 atom stereocenters. The highest BCUT2D eigenvalue weighted by Gasteiger charge is 2.08. The molecular weight excluding hydrogens is 202 g/mol. The van der Waals surface area contributed by atoms with E-state index in [4.69, 9.17) is 0 Å². The SMILES string of the molecule is CCCCCCC(=O)Cc1ncnn1CC. The summed E-state index contributed by atoms with van der Waals surface area (Å²) in [4.78, 5) is 15.8. The van der Waals surface area contributed by atoms with E-state index in [1.54, 1.807) is 4.68 Å². The van der Waals surface area contributed by atoms with Crippen molar-refractivity contribution in [3.8, 4) is 0 Å². The first-order chi connectivity index (χ1) is 7.77. The Balaban J connectivity index is 2.28. The van der Waals surface area contributed by atoms with Crippen LogP contribution in [0.1, 0.15) is 51.8 Å². The topological polar surface area (TPSA) is 47.8 Å². The molecule has 0 aliphatic heterocycles. The Hall–Kier alpha value is -1.19. The van der Waals surface area contributed by atoms with E-state index in [-0.39, 0.29) is 5.78 Å². The average molecular weight is 223 g/mol. The summed E-state index contributed by atoms with van der Waals surface area (Å²) < 4.78 is 1.78. The molecule has 4 nitrogen and oxygen atoms in total. The van der Waals surface area contributed by atoms with Gasteiger partial charge in [0.05, 0.1) is 6.42 Å². The molecule has 0 saturated heterocycles. The number of hydrogen-bond donors (Lipinski definition) is 0. The van der Waals surface area contributed by atoms with Gasteiger partial charge in [-0.3, -0.25) is 4.79 Å². The molecule has 0 spiro atoms. The van der Waals surface area contributed by atoms with Gasteiger partial charge in [0.15, 0.2) is 0 Å². The molecule has 1 rings (SSSR count). The van der Waals surface area contributed by atoms with Gasteiger partial charge in [-0.25, -0.2) is 9.67 Å². The van der Waals surface area contributed by atoms with Gasteiger partial charge in [0.1, 0.15) is 17.9 Å². The number of rotatable bonds is 8. The van der Waals surface area contributed by atoms with Crippen molar-refractivity contribution in [2.24, 2.45) is 0 Å². The normalized spacial score (nSPS) is 10.6. The van der Waals surface area contributed by atoms with Gasteiger partial charge in [-0.15, -0.1) is 0 Å². The van der Waals surface area contributed by atoms with Crippen molar-refractivity contribution in [1.29, 1.82) is 0 Å². The van der Waals surface area contributed by atoms with E-state index in [0.717, 1.165) is 25.2 Å². The summed E-state index contributed by atoms with van der Waals surface area (Å²) in [5.74, 6) is 1.07. The smallest absolute Gasteiger partial charge is 0.140 e. The van der Waals surface area contributed by atoms with E-state index in [9.17, 15) is 4.79 Å². The molecule has 0 aliphatic rings. The van der Waals surface area contributed by atoms with Crippen molar-refractivity contribution >= 4 is 5.78 Å². The molecule has 0 aliphatic carbocycles. The van der Waals surface area contributed by atoms with Crippen LogP contribution in [0.4, 0.5) is 0 Å². The maximum Gasteiger partial charge on any atom is 0.140 e. The van der Waals surface area contributed by atoms with Crippen LogP contribution in [0.3, 0.4) is 0 Å². The third-order valence-corrected chi connectivity index (χ3v) is 2.66. The largest absolute Gasteiger partial charge is 0.299 e. The summed E-state index contributed by atoms with van der Waals surface area (Å²) in [5, 5.41) is 4.05. The van der Waals surface area contributed by atoms with Crippen LogP contribution in [-0.4, -0.2) is 20.5 Å². The van der Waals surface area contributed by atoms with Gasteiger partial charge in [-0.05, 0) is 13.3 Å². The lowest BCUT2D eigenvalue weighted by atomic mass is 10.1. The Kier molecular flexibility index (Phi) is 5.75. The Morgan fingerprint density at radius 1 is 1.31 bits per heavy atom. The minimum atomic E-state index is 0.277. The van der Waals surface area contributed by atoms with Crippen molar-refractivity contribution in [2.45, 2.75) is 58.9 Å². The zero-order valence-electron chi connectivity index (χ0n) is 10.3. The monoisotopic (exact) mass is 223 g/mol. The van der Waals surface area contributed by atoms with Crippen LogP contribution in [0.5, 0.6) is 0 Å². The second-order valence-electron chi connectivity index (χ2n) is 4.02. The van der Waals surface area contributed by atoms with Crippen LogP contribution >= 0.6 is 0 Å². The molecule has 4 heteroatoms. The van der Waals surface area contributed by atoms with Gasteiger partial charge in [-0.1, -0.05) is 26.2 Å². The molecule has 0 amide bonds. The second kappa shape index (κ2) is 7.14. The number of aryl methyl sites for hydroxylation is 1. The summed E-state index contributed by atoms with van der Waals surface area (Å²) in [6.07, 6.45) is 7.21. The van der Waals surface area contributed by atoms with Crippen molar-refractivity contribution in [2.75, 3.05) is 0 Å². The maximum atomic E-state index is 11.7. The Bertz CT molecular complexity index is 320. The molecule has 0 fully saturated rings. The number of hydrogen-bond acceptors (Lipinski definition) is 3. The van der Waals surface area contributed by atoms with Crippen molar-refractivity contribution in [3.05, 3.63) is 12.2 Å². The Labute approximate surface area is 97.1 Å². The molecule has 0 N–H and O–H groups in total. The van der Waals surface area contributed by atoms with Crippen molar-refractivity contribution in [3.63, 3.8) is 0 Å². The van der Waals surface area contributed by atoms with E-state index in [1.165, 1.54) is 19.2 Å². The molecule has 1 aromatic heterocycles. The quantitative estimate of drug-likeness (QED) is 0.636. The summed E-state index contributed by atoms with van der Waals surface area (Å²) in [6, 6.07) is 0. The van der Waals surface area contributed by atoms with Crippen LogP contribution in [-0.2, 0) is 17.8 Å². The first kappa shape index (κ1) is 12.9. The number of carbonyl (C=O) groups is 1. The minimum absolute atomic E-state index is 0.277. The number of nitrogens with zero attached hydrogens (tertiary/aromatic N) is 3. The van der Waals surface area contributed by atoms with Gasteiger partial charge in [0.2, 0.25) is 0 Å². The zero-order valence-corrected chi connectivity index (χ0v) is 10.3. The highest BCUT2D eigenvalue weighted by molar-refractivity contribution is 5.80. The second-order valence-corrected chi connectivity index (χ2v) is 4.02. The number of unbranched alkanes of at least 4 members (excludes halogenated alkanes) is 3. The van der Waals surface area contributed by atoms with Crippen LogP contribution in [0, 0.1) is 0 Å². The zero-order chi connectivity index (χ0) is 11.8. The number of carbonyl (C=O) groups excluding carboxylic acids is 1. The summed E-state index contributed by atoms with van der Waals surface area (Å²) >= 11 is 0. The van der Waals surface area contributed by atoms with Crippen molar-refractivity contribution in [1.82, 2.24) is 14.8 Å². The van der Waals surface area contributed by atoms with E-state index < -0.39 is 0 Å². The average Bonchev–Trinajstić information content (AvgIpc) is 2.71. The molecule has 90 valence electrons. The number of Topliss-reactive ketones (excluding diaryl/α,β-unsaturated/α-hetero) is 1. The fourth-order valence-electron chi connectivity index (χ4n) is 1.70. The predicted octanol–water partition coefficient (Wildman–Crippen LogP) is 2.38. The molecule has 0 radical (unpaired) electrons. The predicted molar refractivity (Wildman–Crippen MR) is 63.2 cm³/mol. The molecule has 0 aromatic carbocycles. The minimum Gasteiger partial charge on any atom is -0.299 e. The molecule has 1 aromatic rings. The summed E-state index contributed by atoms with van der Waals surface area (Å²) in [7, 11) is 0. The third kappa shape index (κ3) is 4.13. The lowest BCUT2D eigenvalue weighted by molar-refractivity contribution is -0.118. The highest BCUT2D eigenvalue weighted by Crippen LogP contribution is 2.05. The van der Waals surface area contributed by atoms with E-state index >= 15 is 0 Å². The maximum absolute atomic E-state index is 11.7. The fourth-order valence-corrected chi connectivity index (χ4v) is 1.70. The first-order valence-electron chi connectivity index (χ1n) is 6.16. The molecular formula is C12H21N3O. The van der Waals surface area contributed by atoms with Crippen molar-refractivity contribution < 1.29 is 4.79 Å². The lowest BCUT2D eigenvalue weighted by Crippen LogP contribution is -2.10. The lowest BCUT2D eigenvalue weighted by Gasteiger charge is -2.02. The van der Waals surface area contributed by atoms with Crippen LogP contribution in [0.2, 0.25) is 0 Å². The van der Waals surface area contributed by atoms with Gasteiger partial charge >= 0.3 is 0 Å². The summed E-state index contributed by atoms with van der Waals surface area (Å²) in [6.45, 7) is 4.95. The fraction of sp³-hybridized carbons (Fsp3) is 0.750. The van der Waals surface area contributed by atoms with Gasteiger partial charge in [0.25, 0.3) is 0 Å². The third-order valence-electron chi connectivity index (χ3n) is 2.66. The van der Waals surface area contributed by atoms with E-state index in [2.05, 4.69) is 17.0 Å². The molecule has 0 unspecified atom stereocenters. The van der Waals surface area contributed by atoms with Crippen LogP contribution < -0.4 is 0 Å². The van der Waals surface area contributed by atoms with Gasteiger partial charge in [0, 0.05) is 13.0 Å². The molecule has 16 heavy (non-hydrogen) atoms. The highest BCUT2D eigenvalue weighted by atomic mass is 16.1. The Morgan fingerprint density at radius 3 is 2.81 bits per heavy atom.